The number of carbonyl (C=O) groups excluding carboxylic acids is 2. The van der Waals surface area contributed by atoms with E-state index < -0.39 is 0 Å². The highest BCUT2D eigenvalue weighted by Crippen LogP contribution is 2.24. The average molecular weight is 398 g/mol. The van der Waals surface area contributed by atoms with Gasteiger partial charge in [-0.25, -0.2) is 4.39 Å². The molecule has 0 aliphatic carbocycles. The smallest absolute Gasteiger partial charge is 0.238 e. The van der Waals surface area contributed by atoms with Gasteiger partial charge >= 0.3 is 0 Å². The Kier molecular flexibility index (Phi) is 7.38. The predicted molar refractivity (Wildman–Crippen MR) is 101 cm³/mol. The maximum absolute atomic E-state index is 13.5. The zero-order valence-corrected chi connectivity index (χ0v) is 15.6. The molecule has 0 aromatic heterocycles. The molecule has 0 fully saturated rings. The highest BCUT2D eigenvalue weighted by Gasteiger charge is 2.12. The molecular weight excluding hydrogens is 380 g/mol. The molecule has 5 nitrogen and oxygen atoms in total. The van der Waals surface area contributed by atoms with Gasteiger partial charge in [0.2, 0.25) is 11.8 Å². The summed E-state index contributed by atoms with van der Waals surface area (Å²) in [6.07, 6.45) is 0. The number of hydrogen-bond acceptors (Lipinski definition) is 3. The summed E-state index contributed by atoms with van der Waals surface area (Å²) in [5.41, 5.74) is 0.919. The fourth-order valence-electron chi connectivity index (χ4n) is 2.21. The van der Waals surface area contributed by atoms with Crippen molar-refractivity contribution in [3.63, 3.8) is 0 Å². The van der Waals surface area contributed by atoms with Gasteiger partial charge in [0, 0.05) is 17.8 Å². The van der Waals surface area contributed by atoms with Crippen molar-refractivity contribution >= 4 is 40.7 Å². The molecular formula is C18H18Cl2FN3O2. The van der Waals surface area contributed by atoms with E-state index in [1.165, 1.54) is 6.07 Å². The molecule has 0 unspecified atom stereocenters. The SMILES string of the molecule is CN(CC(=O)NCc1ccccc1F)CC(=O)Nc1ccc(Cl)c(Cl)c1. The van der Waals surface area contributed by atoms with E-state index in [1.807, 2.05) is 0 Å². The molecule has 26 heavy (non-hydrogen) atoms. The highest BCUT2D eigenvalue weighted by molar-refractivity contribution is 6.42. The first-order chi connectivity index (χ1) is 12.3. The van der Waals surface area contributed by atoms with E-state index in [4.69, 9.17) is 23.2 Å². The lowest BCUT2D eigenvalue weighted by Crippen LogP contribution is -2.38. The monoisotopic (exact) mass is 397 g/mol. The van der Waals surface area contributed by atoms with E-state index in [1.54, 1.807) is 48.3 Å². The summed E-state index contributed by atoms with van der Waals surface area (Å²) >= 11 is 11.7. The van der Waals surface area contributed by atoms with E-state index in [2.05, 4.69) is 10.6 Å². The van der Waals surface area contributed by atoms with Crippen LogP contribution < -0.4 is 10.6 Å². The lowest BCUT2D eigenvalue weighted by molar-refractivity contribution is -0.123. The van der Waals surface area contributed by atoms with E-state index in [-0.39, 0.29) is 37.3 Å². The molecule has 2 N–H and O–H groups in total. The normalized spacial score (nSPS) is 10.7. The van der Waals surface area contributed by atoms with Crippen LogP contribution in [-0.2, 0) is 16.1 Å². The molecule has 2 aromatic carbocycles. The molecule has 0 heterocycles. The third-order valence-corrected chi connectivity index (χ3v) is 4.20. The largest absolute Gasteiger partial charge is 0.351 e. The van der Waals surface area contributed by atoms with Gasteiger partial charge in [-0.3, -0.25) is 14.5 Å². The summed E-state index contributed by atoms with van der Waals surface area (Å²) in [6, 6.07) is 11.0. The van der Waals surface area contributed by atoms with Crippen LogP contribution >= 0.6 is 23.2 Å². The van der Waals surface area contributed by atoms with Crippen molar-refractivity contribution in [1.82, 2.24) is 10.2 Å². The zero-order valence-electron chi connectivity index (χ0n) is 14.1. The number of benzene rings is 2. The molecule has 0 spiro atoms. The van der Waals surface area contributed by atoms with Crippen molar-refractivity contribution < 1.29 is 14.0 Å². The molecule has 0 saturated heterocycles. The minimum atomic E-state index is -0.373. The van der Waals surface area contributed by atoms with E-state index in [9.17, 15) is 14.0 Å². The Morgan fingerprint density at radius 3 is 2.42 bits per heavy atom. The molecule has 2 rings (SSSR count). The van der Waals surface area contributed by atoms with Gasteiger partial charge in [0.1, 0.15) is 5.82 Å². The molecule has 0 aliphatic heterocycles. The quantitative estimate of drug-likeness (QED) is 0.753. The van der Waals surface area contributed by atoms with Crippen LogP contribution in [-0.4, -0.2) is 36.9 Å². The third-order valence-electron chi connectivity index (χ3n) is 3.46. The highest BCUT2D eigenvalue weighted by atomic mass is 35.5. The summed E-state index contributed by atoms with van der Waals surface area (Å²) in [5.74, 6) is -0.979. The number of rotatable bonds is 7. The van der Waals surface area contributed by atoms with Crippen LogP contribution in [0.1, 0.15) is 5.56 Å². The van der Waals surface area contributed by atoms with Gasteiger partial charge in [-0.2, -0.15) is 0 Å². The number of halogens is 3. The summed E-state index contributed by atoms with van der Waals surface area (Å²) in [6.45, 7) is 0.103. The van der Waals surface area contributed by atoms with Crippen molar-refractivity contribution in [3.8, 4) is 0 Å². The number of carbonyl (C=O) groups is 2. The van der Waals surface area contributed by atoms with E-state index >= 15 is 0 Å². The molecule has 138 valence electrons. The molecule has 2 aromatic rings. The Bertz CT molecular complexity index is 802. The Labute approximate surface area is 161 Å². The van der Waals surface area contributed by atoms with Gasteiger partial charge in [0.25, 0.3) is 0 Å². The second kappa shape index (κ2) is 9.52. The van der Waals surface area contributed by atoms with E-state index in [0.717, 1.165) is 0 Å². The first-order valence-electron chi connectivity index (χ1n) is 7.78. The van der Waals surface area contributed by atoms with Crippen LogP contribution in [0.3, 0.4) is 0 Å². The first-order valence-corrected chi connectivity index (χ1v) is 8.54. The van der Waals surface area contributed by atoms with Gasteiger partial charge in [-0.05, 0) is 31.3 Å². The van der Waals surface area contributed by atoms with Crippen molar-refractivity contribution in [3.05, 3.63) is 63.9 Å². The Morgan fingerprint density at radius 2 is 1.73 bits per heavy atom. The van der Waals surface area contributed by atoms with Gasteiger partial charge in [-0.15, -0.1) is 0 Å². The average Bonchev–Trinajstić information content (AvgIpc) is 2.57. The van der Waals surface area contributed by atoms with Gasteiger partial charge in [0.05, 0.1) is 23.1 Å². The minimum absolute atomic E-state index is 0.00322. The lowest BCUT2D eigenvalue weighted by Gasteiger charge is -2.16. The summed E-state index contributed by atoms with van der Waals surface area (Å²) in [7, 11) is 1.64. The zero-order chi connectivity index (χ0) is 19.1. The minimum Gasteiger partial charge on any atom is -0.351 e. The molecule has 2 amide bonds. The Morgan fingerprint density at radius 1 is 1.04 bits per heavy atom. The van der Waals surface area contributed by atoms with Crippen LogP contribution in [0.5, 0.6) is 0 Å². The summed E-state index contributed by atoms with van der Waals surface area (Å²) in [5, 5.41) is 6.03. The fourth-order valence-corrected chi connectivity index (χ4v) is 2.51. The molecule has 0 aliphatic rings. The van der Waals surface area contributed by atoms with Crippen LogP contribution in [0.2, 0.25) is 10.0 Å². The lowest BCUT2D eigenvalue weighted by atomic mass is 10.2. The van der Waals surface area contributed by atoms with Crippen molar-refractivity contribution in [1.29, 1.82) is 0 Å². The van der Waals surface area contributed by atoms with E-state index in [0.29, 0.717) is 21.3 Å². The molecule has 0 atom stereocenters. The number of likely N-dealkylation sites (N-methyl/N-ethyl adjacent to an activating group) is 1. The number of anilines is 1. The van der Waals surface area contributed by atoms with Gasteiger partial charge in [0.15, 0.2) is 0 Å². The molecule has 0 saturated carbocycles. The number of hydrogen-bond donors (Lipinski definition) is 2. The predicted octanol–water partition coefficient (Wildman–Crippen LogP) is 3.32. The van der Waals surface area contributed by atoms with Crippen LogP contribution in [0.15, 0.2) is 42.5 Å². The van der Waals surface area contributed by atoms with Crippen molar-refractivity contribution in [2.24, 2.45) is 0 Å². The maximum Gasteiger partial charge on any atom is 0.238 e. The molecule has 0 radical (unpaired) electrons. The topological polar surface area (TPSA) is 61.4 Å². The van der Waals surface area contributed by atoms with Crippen molar-refractivity contribution in [2.45, 2.75) is 6.54 Å². The van der Waals surface area contributed by atoms with Crippen molar-refractivity contribution in [2.75, 3.05) is 25.5 Å². The fraction of sp³-hybridized carbons (Fsp3) is 0.222. The Hall–Kier alpha value is -2.15. The molecule has 0 bridgehead atoms. The number of amides is 2. The van der Waals surface area contributed by atoms with Crippen LogP contribution in [0.4, 0.5) is 10.1 Å². The number of nitrogens with zero attached hydrogens (tertiary/aromatic N) is 1. The standard InChI is InChI=1S/C18H18Cl2FN3O2/c1-24(10-17(25)22-9-12-4-2-3-5-16(12)21)11-18(26)23-13-6-7-14(19)15(20)8-13/h2-8H,9-11H2,1H3,(H,22,25)(H,23,26). The maximum atomic E-state index is 13.5. The van der Waals surface area contributed by atoms with Gasteiger partial charge < -0.3 is 10.6 Å². The third kappa shape index (κ3) is 6.29. The van der Waals surface area contributed by atoms with Gasteiger partial charge in [-0.1, -0.05) is 41.4 Å². The first kappa shape index (κ1) is 20.2. The van der Waals surface area contributed by atoms with Crippen LogP contribution in [0.25, 0.3) is 0 Å². The second-order valence-corrected chi connectivity index (χ2v) is 6.53. The molecule has 8 heteroatoms. The number of nitrogens with one attached hydrogen (secondary N) is 2. The van der Waals surface area contributed by atoms with Crippen LogP contribution in [0, 0.1) is 5.82 Å². The summed E-state index contributed by atoms with van der Waals surface area (Å²) < 4.78 is 13.5. The summed E-state index contributed by atoms with van der Waals surface area (Å²) in [4.78, 5) is 25.5. The second-order valence-electron chi connectivity index (χ2n) is 5.72. The Balaban J connectivity index is 1.77.